The standard InChI is InChI=1S/C23H22N2O6S/c1-30-17-9-7-14(15-8-10-18(26)24-19(15)17)16(20-21(27)25-23(29)32-20)11-12-3-5-13(6-4-12)22(28)31-2/h3-7,9,16,20H,8,10-11H2,1-2H3,(H,24,26)(H,25,27,29). The number of carbonyl (C=O) groups is 4. The van der Waals surface area contributed by atoms with Crippen LogP contribution in [0.4, 0.5) is 10.5 Å². The molecule has 8 nitrogen and oxygen atoms in total. The van der Waals surface area contributed by atoms with Gasteiger partial charge in [0.05, 0.1) is 25.5 Å². The number of methoxy groups -OCH3 is 2. The second kappa shape index (κ2) is 9.04. The van der Waals surface area contributed by atoms with Crippen molar-refractivity contribution in [2.24, 2.45) is 0 Å². The molecular formula is C23H22N2O6S. The fourth-order valence-corrected chi connectivity index (χ4v) is 5.13. The maximum Gasteiger partial charge on any atom is 0.337 e. The average molecular weight is 455 g/mol. The Balaban J connectivity index is 1.75. The maximum atomic E-state index is 12.6. The molecule has 0 saturated carbocycles. The summed E-state index contributed by atoms with van der Waals surface area (Å²) in [5.41, 5.74) is 3.75. The highest BCUT2D eigenvalue weighted by Gasteiger charge is 2.40. The molecule has 0 bridgehead atoms. The van der Waals surface area contributed by atoms with Crippen LogP contribution in [0.5, 0.6) is 5.75 Å². The third kappa shape index (κ3) is 4.20. The van der Waals surface area contributed by atoms with E-state index in [1.54, 1.807) is 18.2 Å². The Kier molecular flexibility index (Phi) is 6.18. The normalized spacial score (nSPS) is 18.4. The first-order valence-corrected chi connectivity index (χ1v) is 11.0. The molecule has 4 rings (SSSR count). The minimum absolute atomic E-state index is 0.0916. The molecule has 1 saturated heterocycles. The van der Waals surface area contributed by atoms with Gasteiger partial charge in [0, 0.05) is 12.3 Å². The van der Waals surface area contributed by atoms with E-state index in [2.05, 4.69) is 10.6 Å². The van der Waals surface area contributed by atoms with E-state index in [9.17, 15) is 19.2 Å². The van der Waals surface area contributed by atoms with Crippen molar-refractivity contribution in [3.63, 3.8) is 0 Å². The van der Waals surface area contributed by atoms with Crippen LogP contribution in [-0.2, 0) is 27.2 Å². The zero-order chi connectivity index (χ0) is 22.8. The fraction of sp³-hybridized carbons (Fsp3) is 0.304. The van der Waals surface area contributed by atoms with Gasteiger partial charge in [-0.1, -0.05) is 30.0 Å². The van der Waals surface area contributed by atoms with E-state index in [0.29, 0.717) is 36.3 Å². The van der Waals surface area contributed by atoms with Gasteiger partial charge in [0.1, 0.15) is 11.0 Å². The third-order valence-corrected chi connectivity index (χ3v) is 6.82. The van der Waals surface area contributed by atoms with Gasteiger partial charge in [-0.25, -0.2) is 4.79 Å². The van der Waals surface area contributed by atoms with Crippen LogP contribution in [0.25, 0.3) is 0 Å². The molecule has 2 aromatic carbocycles. The van der Waals surface area contributed by atoms with Crippen LogP contribution in [0.3, 0.4) is 0 Å². The minimum Gasteiger partial charge on any atom is -0.495 e. The number of amides is 3. The van der Waals surface area contributed by atoms with E-state index in [1.165, 1.54) is 14.2 Å². The number of rotatable bonds is 6. The molecule has 0 aromatic heterocycles. The topological polar surface area (TPSA) is 111 Å². The fourth-order valence-electron chi connectivity index (χ4n) is 4.17. The van der Waals surface area contributed by atoms with Gasteiger partial charge in [-0.3, -0.25) is 19.7 Å². The molecular weight excluding hydrogens is 432 g/mol. The smallest absolute Gasteiger partial charge is 0.337 e. The van der Waals surface area contributed by atoms with Crippen molar-refractivity contribution < 1.29 is 28.7 Å². The monoisotopic (exact) mass is 454 g/mol. The summed E-state index contributed by atoms with van der Waals surface area (Å²) in [6.07, 6.45) is 1.31. The van der Waals surface area contributed by atoms with E-state index in [1.807, 2.05) is 18.2 Å². The number of fused-ring (bicyclic) bond motifs is 1. The number of carbonyl (C=O) groups excluding carboxylic acids is 4. The Labute approximate surface area is 189 Å². The molecule has 0 radical (unpaired) electrons. The van der Waals surface area contributed by atoms with Gasteiger partial charge in [-0.15, -0.1) is 0 Å². The molecule has 3 amide bonds. The lowest BCUT2D eigenvalue weighted by Crippen LogP contribution is -2.31. The zero-order valence-corrected chi connectivity index (χ0v) is 18.4. The van der Waals surface area contributed by atoms with Crippen LogP contribution in [-0.4, -0.2) is 42.5 Å². The van der Waals surface area contributed by atoms with Gasteiger partial charge in [0.25, 0.3) is 5.24 Å². The van der Waals surface area contributed by atoms with E-state index < -0.39 is 11.2 Å². The first-order chi connectivity index (χ1) is 15.4. The van der Waals surface area contributed by atoms with Gasteiger partial charge in [0.2, 0.25) is 11.8 Å². The Morgan fingerprint density at radius 3 is 2.44 bits per heavy atom. The Hall–Kier alpha value is -3.33. The summed E-state index contributed by atoms with van der Waals surface area (Å²) in [6.45, 7) is 0. The number of thioether (sulfide) groups is 1. The molecule has 32 heavy (non-hydrogen) atoms. The summed E-state index contributed by atoms with van der Waals surface area (Å²) in [4.78, 5) is 48.3. The molecule has 0 aliphatic carbocycles. The molecule has 1 fully saturated rings. The Bertz CT molecular complexity index is 1100. The van der Waals surface area contributed by atoms with Crippen molar-refractivity contribution in [3.8, 4) is 5.75 Å². The lowest BCUT2D eigenvalue weighted by molar-refractivity contribution is -0.119. The summed E-state index contributed by atoms with van der Waals surface area (Å²) in [5.74, 6) is -0.626. The quantitative estimate of drug-likeness (QED) is 0.646. The number of nitrogens with one attached hydrogen (secondary N) is 2. The molecule has 2 N–H and O–H groups in total. The molecule has 9 heteroatoms. The first-order valence-electron chi connectivity index (χ1n) is 10.1. The van der Waals surface area contributed by atoms with Crippen LogP contribution in [0, 0.1) is 0 Å². The van der Waals surface area contributed by atoms with Crippen LogP contribution >= 0.6 is 11.8 Å². The average Bonchev–Trinajstić information content (AvgIpc) is 3.14. The van der Waals surface area contributed by atoms with Crippen molar-refractivity contribution >= 4 is 40.5 Å². The maximum absolute atomic E-state index is 12.6. The SMILES string of the molecule is COC(=O)c1ccc(CC(c2ccc(OC)c3c2CCC(=O)N3)C2SC(=O)NC2=O)cc1. The number of esters is 1. The number of imide groups is 1. The number of ether oxygens (including phenoxy) is 2. The molecule has 166 valence electrons. The predicted octanol–water partition coefficient (Wildman–Crippen LogP) is 3.04. The second-order valence-corrected chi connectivity index (χ2v) is 8.69. The van der Waals surface area contributed by atoms with Crippen molar-refractivity contribution in [1.82, 2.24) is 5.32 Å². The molecule has 2 aliphatic rings. The van der Waals surface area contributed by atoms with E-state index in [0.717, 1.165) is 28.5 Å². The zero-order valence-electron chi connectivity index (χ0n) is 17.6. The van der Waals surface area contributed by atoms with Crippen molar-refractivity contribution in [2.75, 3.05) is 19.5 Å². The van der Waals surface area contributed by atoms with Gasteiger partial charge in [-0.2, -0.15) is 0 Å². The Morgan fingerprint density at radius 1 is 1.06 bits per heavy atom. The summed E-state index contributed by atoms with van der Waals surface area (Å²) in [7, 11) is 2.86. The van der Waals surface area contributed by atoms with Crippen molar-refractivity contribution in [2.45, 2.75) is 30.4 Å². The molecule has 2 aliphatic heterocycles. The first kappa shape index (κ1) is 21.9. The van der Waals surface area contributed by atoms with Crippen molar-refractivity contribution in [3.05, 3.63) is 58.7 Å². The Morgan fingerprint density at radius 2 is 1.81 bits per heavy atom. The molecule has 2 atom stereocenters. The highest BCUT2D eigenvalue weighted by atomic mass is 32.2. The molecule has 2 aromatic rings. The number of anilines is 1. The lowest BCUT2D eigenvalue weighted by Gasteiger charge is -2.28. The lowest BCUT2D eigenvalue weighted by atomic mass is 9.83. The van der Waals surface area contributed by atoms with Gasteiger partial charge >= 0.3 is 5.97 Å². The van der Waals surface area contributed by atoms with Crippen LogP contribution in [0.15, 0.2) is 36.4 Å². The molecule has 2 unspecified atom stereocenters. The van der Waals surface area contributed by atoms with Gasteiger partial charge < -0.3 is 14.8 Å². The number of hydrogen-bond donors (Lipinski definition) is 2. The highest BCUT2D eigenvalue weighted by molar-refractivity contribution is 8.15. The number of hydrogen-bond acceptors (Lipinski definition) is 7. The second-order valence-electron chi connectivity index (χ2n) is 7.57. The van der Waals surface area contributed by atoms with E-state index in [-0.39, 0.29) is 23.0 Å². The van der Waals surface area contributed by atoms with E-state index >= 15 is 0 Å². The molecule has 0 spiro atoms. The van der Waals surface area contributed by atoms with Crippen LogP contribution in [0.2, 0.25) is 0 Å². The van der Waals surface area contributed by atoms with Crippen LogP contribution in [0.1, 0.15) is 39.4 Å². The summed E-state index contributed by atoms with van der Waals surface area (Å²) >= 11 is 0.976. The molecule has 2 heterocycles. The van der Waals surface area contributed by atoms with Gasteiger partial charge in [0.15, 0.2) is 0 Å². The highest BCUT2D eigenvalue weighted by Crippen LogP contribution is 2.43. The minimum atomic E-state index is -0.613. The summed E-state index contributed by atoms with van der Waals surface area (Å²) in [6, 6.07) is 10.7. The largest absolute Gasteiger partial charge is 0.495 e. The van der Waals surface area contributed by atoms with Gasteiger partial charge in [-0.05, 0) is 47.7 Å². The predicted molar refractivity (Wildman–Crippen MR) is 119 cm³/mol. The summed E-state index contributed by atoms with van der Waals surface area (Å²) in [5, 5.41) is 4.27. The summed E-state index contributed by atoms with van der Waals surface area (Å²) < 4.78 is 10.2. The third-order valence-electron chi connectivity index (χ3n) is 5.71. The number of benzene rings is 2. The van der Waals surface area contributed by atoms with E-state index in [4.69, 9.17) is 9.47 Å². The van der Waals surface area contributed by atoms with Crippen LogP contribution < -0.4 is 15.4 Å². The van der Waals surface area contributed by atoms with Crippen molar-refractivity contribution in [1.29, 1.82) is 0 Å².